The molecule has 0 aliphatic carbocycles. The summed E-state index contributed by atoms with van der Waals surface area (Å²) in [5.41, 5.74) is 1.60. The predicted molar refractivity (Wildman–Crippen MR) is 79.2 cm³/mol. The van der Waals surface area contributed by atoms with Crippen LogP contribution in [0.25, 0.3) is 10.9 Å². The molecule has 0 saturated carbocycles. The lowest BCUT2D eigenvalue weighted by atomic mass is 10.1. The number of rotatable bonds is 5. The largest absolute Gasteiger partial charge is 0.469 e. The van der Waals surface area contributed by atoms with Crippen molar-refractivity contribution in [2.24, 2.45) is 5.92 Å². The topological polar surface area (TPSA) is 42.4 Å². The number of fused-ring (bicyclic) bond motifs is 1. The normalized spacial score (nSPS) is 12.6. The molecule has 0 N–H and O–H groups in total. The summed E-state index contributed by atoms with van der Waals surface area (Å²) < 4.78 is 18.4. The molecule has 0 bridgehead atoms. The number of esters is 1. The van der Waals surface area contributed by atoms with E-state index >= 15 is 0 Å². The lowest BCUT2D eigenvalue weighted by Gasteiger charge is -2.20. The lowest BCUT2D eigenvalue weighted by Crippen LogP contribution is -2.29. The molecule has 4 nitrogen and oxygen atoms in total. The van der Waals surface area contributed by atoms with E-state index in [-0.39, 0.29) is 17.7 Å². The van der Waals surface area contributed by atoms with Crippen molar-refractivity contribution in [1.29, 1.82) is 0 Å². The highest BCUT2D eigenvalue weighted by Gasteiger charge is 2.16. The summed E-state index contributed by atoms with van der Waals surface area (Å²) in [5, 5.41) is 0.780. The smallest absolute Gasteiger partial charge is 0.309 e. The first-order valence-corrected chi connectivity index (χ1v) is 6.80. The van der Waals surface area contributed by atoms with Crippen LogP contribution in [0.3, 0.4) is 0 Å². The minimum absolute atomic E-state index is 0.229. The van der Waals surface area contributed by atoms with Crippen molar-refractivity contribution < 1.29 is 13.9 Å². The Morgan fingerprint density at radius 2 is 2.24 bits per heavy atom. The average Bonchev–Trinajstić information content (AvgIpc) is 2.45. The van der Waals surface area contributed by atoms with E-state index < -0.39 is 0 Å². The second-order valence-electron chi connectivity index (χ2n) is 5.26. The number of hydrogen-bond acceptors (Lipinski definition) is 4. The standard InChI is InChI=1S/C16H19FN2O2/c1-11(16(20)21-3)9-19(2)10-13-8-14(17)7-12-5-4-6-18-15(12)13/h4-8,11H,9-10H2,1-3H3. The van der Waals surface area contributed by atoms with E-state index in [0.717, 1.165) is 16.5 Å². The van der Waals surface area contributed by atoms with Crippen LogP contribution in [-0.2, 0) is 16.1 Å². The highest BCUT2D eigenvalue weighted by atomic mass is 19.1. The second kappa shape index (κ2) is 6.63. The van der Waals surface area contributed by atoms with Crippen molar-refractivity contribution in [3.63, 3.8) is 0 Å². The van der Waals surface area contributed by atoms with Gasteiger partial charge in [0.15, 0.2) is 0 Å². The van der Waals surface area contributed by atoms with E-state index in [0.29, 0.717) is 13.1 Å². The van der Waals surface area contributed by atoms with E-state index in [1.807, 2.05) is 24.9 Å². The molecular formula is C16H19FN2O2. The molecule has 112 valence electrons. The molecule has 2 rings (SSSR count). The van der Waals surface area contributed by atoms with Gasteiger partial charge < -0.3 is 9.64 Å². The monoisotopic (exact) mass is 290 g/mol. The maximum Gasteiger partial charge on any atom is 0.309 e. The molecule has 2 aromatic rings. The second-order valence-corrected chi connectivity index (χ2v) is 5.26. The first kappa shape index (κ1) is 15.4. The molecule has 0 spiro atoms. The highest BCUT2D eigenvalue weighted by Crippen LogP contribution is 2.20. The zero-order valence-electron chi connectivity index (χ0n) is 12.5. The Balaban J connectivity index is 2.17. The number of carbonyl (C=O) groups is 1. The van der Waals surface area contributed by atoms with Gasteiger partial charge in [-0.3, -0.25) is 9.78 Å². The number of methoxy groups -OCH3 is 1. The molecule has 0 fully saturated rings. The molecule has 0 saturated heterocycles. The number of hydrogen-bond donors (Lipinski definition) is 0. The fourth-order valence-corrected chi connectivity index (χ4v) is 2.45. The third-order valence-corrected chi connectivity index (χ3v) is 3.38. The van der Waals surface area contributed by atoms with Crippen LogP contribution in [0, 0.1) is 11.7 Å². The van der Waals surface area contributed by atoms with Gasteiger partial charge in [0, 0.05) is 24.7 Å². The summed E-state index contributed by atoms with van der Waals surface area (Å²) in [4.78, 5) is 17.7. The average molecular weight is 290 g/mol. The number of ether oxygens (including phenoxy) is 1. The fourth-order valence-electron chi connectivity index (χ4n) is 2.45. The molecule has 1 aromatic carbocycles. The van der Waals surface area contributed by atoms with Gasteiger partial charge in [0.1, 0.15) is 5.82 Å². The summed E-state index contributed by atoms with van der Waals surface area (Å²) >= 11 is 0. The Hall–Kier alpha value is -2.01. The Morgan fingerprint density at radius 1 is 1.48 bits per heavy atom. The van der Waals surface area contributed by atoms with Gasteiger partial charge in [0.05, 0.1) is 18.5 Å². The van der Waals surface area contributed by atoms with Crippen LogP contribution in [0.15, 0.2) is 30.5 Å². The minimum atomic E-state index is -0.278. The van der Waals surface area contributed by atoms with E-state index in [4.69, 9.17) is 4.74 Å². The van der Waals surface area contributed by atoms with Crippen molar-refractivity contribution in [3.05, 3.63) is 41.8 Å². The molecule has 0 aliphatic rings. The van der Waals surface area contributed by atoms with Crippen molar-refractivity contribution in [2.45, 2.75) is 13.5 Å². The Labute approximate surface area is 123 Å². The number of halogens is 1. The Kier molecular flexibility index (Phi) is 4.85. The minimum Gasteiger partial charge on any atom is -0.469 e. The Morgan fingerprint density at radius 3 is 2.95 bits per heavy atom. The van der Waals surface area contributed by atoms with Crippen LogP contribution < -0.4 is 0 Å². The van der Waals surface area contributed by atoms with Gasteiger partial charge in [-0.2, -0.15) is 0 Å². The molecule has 1 atom stereocenters. The van der Waals surface area contributed by atoms with Gasteiger partial charge in [-0.05, 0) is 30.8 Å². The predicted octanol–water partition coefficient (Wildman–Crippen LogP) is 2.61. The third kappa shape index (κ3) is 3.76. The van der Waals surface area contributed by atoms with Crippen LogP contribution >= 0.6 is 0 Å². The summed E-state index contributed by atoms with van der Waals surface area (Å²) in [6.07, 6.45) is 1.70. The summed E-state index contributed by atoms with van der Waals surface area (Å²) in [7, 11) is 3.27. The molecule has 0 amide bonds. The molecule has 1 aromatic heterocycles. The van der Waals surface area contributed by atoms with Crippen LogP contribution in [0.4, 0.5) is 4.39 Å². The summed E-state index contributed by atoms with van der Waals surface area (Å²) in [6, 6.07) is 6.60. The van der Waals surface area contributed by atoms with Gasteiger partial charge in [0.2, 0.25) is 0 Å². The van der Waals surface area contributed by atoms with E-state index in [1.165, 1.54) is 19.2 Å². The third-order valence-electron chi connectivity index (χ3n) is 3.38. The van der Waals surface area contributed by atoms with Gasteiger partial charge in [-0.25, -0.2) is 4.39 Å². The quantitative estimate of drug-likeness (QED) is 0.794. The van der Waals surface area contributed by atoms with Crippen LogP contribution in [0.5, 0.6) is 0 Å². The van der Waals surface area contributed by atoms with Crippen molar-refractivity contribution in [2.75, 3.05) is 20.7 Å². The van der Waals surface area contributed by atoms with Crippen LogP contribution in [0.2, 0.25) is 0 Å². The van der Waals surface area contributed by atoms with Gasteiger partial charge in [-0.1, -0.05) is 13.0 Å². The van der Waals surface area contributed by atoms with Gasteiger partial charge >= 0.3 is 5.97 Å². The number of aromatic nitrogens is 1. The van der Waals surface area contributed by atoms with Gasteiger partial charge in [-0.15, -0.1) is 0 Å². The number of pyridine rings is 1. The van der Waals surface area contributed by atoms with Crippen molar-refractivity contribution >= 4 is 16.9 Å². The Bertz CT molecular complexity index is 645. The number of carbonyl (C=O) groups excluding carboxylic acids is 1. The maximum atomic E-state index is 13.7. The van der Waals surface area contributed by atoms with Crippen LogP contribution in [0.1, 0.15) is 12.5 Å². The molecule has 21 heavy (non-hydrogen) atoms. The highest BCUT2D eigenvalue weighted by molar-refractivity contribution is 5.81. The van der Waals surface area contributed by atoms with E-state index in [1.54, 1.807) is 12.3 Å². The van der Waals surface area contributed by atoms with Gasteiger partial charge in [0.25, 0.3) is 0 Å². The summed E-state index contributed by atoms with van der Waals surface area (Å²) in [6.45, 7) is 2.87. The lowest BCUT2D eigenvalue weighted by molar-refractivity contribution is -0.145. The van der Waals surface area contributed by atoms with E-state index in [9.17, 15) is 9.18 Å². The first-order valence-electron chi connectivity index (χ1n) is 6.80. The fraction of sp³-hybridized carbons (Fsp3) is 0.375. The molecular weight excluding hydrogens is 271 g/mol. The van der Waals surface area contributed by atoms with Crippen LogP contribution in [-0.4, -0.2) is 36.6 Å². The first-order chi connectivity index (χ1) is 10.0. The maximum absolute atomic E-state index is 13.7. The zero-order valence-corrected chi connectivity index (χ0v) is 12.5. The van der Waals surface area contributed by atoms with E-state index in [2.05, 4.69) is 4.98 Å². The van der Waals surface area contributed by atoms with Crippen molar-refractivity contribution in [1.82, 2.24) is 9.88 Å². The molecule has 1 unspecified atom stereocenters. The number of benzene rings is 1. The zero-order chi connectivity index (χ0) is 15.4. The van der Waals surface area contributed by atoms with Crippen molar-refractivity contribution in [3.8, 4) is 0 Å². The summed E-state index contributed by atoms with van der Waals surface area (Å²) in [5.74, 6) is -0.753. The SMILES string of the molecule is COC(=O)C(C)CN(C)Cc1cc(F)cc2cccnc12. The molecule has 5 heteroatoms. The number of nitrogens with zero attached hydrogens (tertiary/aromatic N) is 2. The molecule has 0 aliphatic heterocycles. The molecule has 1 heterocycles. The molecule has 0 radical (unpaired) electrons.